The molecule has 7 nitrogen and oxygen atoms in total. The van der Waals surface area contributed by atoms with Crippen molar-refractivity contribution in [1.82, 2.24) is 24.9 Å². The lowest BCUT2D eigenvalue weighted by atomic mass is 10.2. The number of aromatic nitrogens is 4. The summed E-state index contributed by atoms with van der Waals surface area (Å²) < 4.78 is 3.90. The summed E-state index contributed by atoms with van der Waals surface area (Å²) in [6.45, 7) is 5.76. The Balaban J connectivity index is 1.67. The molecule has 0 saturated heterocycles. The average Bonchev–Trinajstić information content (AvgIpc) is 3.13. The summed E-state index contributed by atoms with van der Waals surface area (Å²) in [7, 11) is 0. The molecular weight excluding hydrogens is 458 g/mol. The molecule has 2 aromatic carbocycles. The van der Waals surface area contributed by atoms with Crippen molar-refractivity contribution in [3.63, 3.8) is 0 Å². The van der Waals surface area contributed by atoms with Gasteiger partial charge in [-0.1, -0.05) is 46.3 Å². The minimum Gasteiger partial charge on any atom is -0.350 e. The third-order valence-electron chi connectivity index (χ3n) is 5.25. The highest BCUT2D eigenvalue weighted by Gasteiger charge is 2.23. The third kappa shape index (κ3) is 4.03. The lowest BCUT2D eigenvalue weighted by Gasteiger charge is -2.15. The number of hydrogen-bond donors (Lipinski definition) is 1. The van der Waals surface area contributed by atoms with Crippen molar-refractivity contribution in [2.75, 3.05) is 0 Å². The van der Waals surface area contributed by atoms with E-state index >= 15 is 0 Å². The summed E-state index contributed by atoms with van der Waals surface area (Å²) in [6, 6.07) is 16.5. The van der Waals surface area contributed by atoms with E-state index in [4.69, 9.17) is 0 Å². The number of hydrogen-bond acceptors (Lipinski definition) is 4. The van der Waals surface area contributed by atoms with Gasteiger partial charge in [-0.05, 0) is 50.6 Å². The Hall–Kier alpha value is -3.26. The highest BCUT2D eigenvalue weighted by Crippen LogP contribution is 2.21. The fourth-order valence-corrected chi connectivity index (χ4v) is 4.08. The second-order valence-electron chi connectivity index (χ2n) is 7.42. The first-order valence-electron chi connectivity index (χ1n) is 9.93. The molecule has 0 aliphatic rings. The van der Waals surface area contributed by atoms with Crippen LogP contribution in [0.2, 0.25) is 0 Å². The second-order valence-corrected chi connectivity index (χ2v) is 8.33. The lowest BCUT2D eigenvalue weighted by molar-refractivity contribution is -0.124. The minimum absolute atomic E-state index is 0.285. The minimum atomic E-state index is -0.773. The molecule has 8 heteroatoms. The molecule has 1 atom stereocenters. The largest absolute Gasteiger partial charge is 0.350 e. The molecular formula is C23H22BrN5O2. The summed E-state index contributed by atoms with van der Waals surface area (Å²) in [4.78, 5) is 25.9. The van der Waals surface area contributed by atoms with Crippen LogP contribution in [0.15, 0.2) is 63.9 Å². The molecule has 4 rings (SSSR count). The molecule has 0 fully saturated rings. The first-order valence-corrected chi connectivity index (χ1v) is 10.7. The van der Waals surface area contributed by atoms with E-state index in [0.717, 1.165) is 21.4 Å². The van der Waals surface area contributed by atoms with Crippen molar-refractivity contribution in [2.45, 2.75) is 33.4 Å². The fraction of sp³-hybridized carbons (Fsp3) is 0.217. The molecule has 0 bridgehead atoms. The van der Waals surface area contributed by atoms with Crippen molar-refractivity contribution in [2.24, 2.45) is 0 Å². The molecule has 0 unspecified atom stereocenters. The van der Waals surface area contributed by atoms with Crippen LogP contribution in [0.4, 0.5) is 0 Å². The van der Waals surface area contributed by atoms with Crippen molar-refractivity contribution >= 4 is 32.7 Å². The summed E-state index contributed by atoms with van der Waals surface area (Å²) >= 11 is 3.42. The van der Waals surface area contributed by atoms with E-state index in [0.29, 0.717) is 23.1 Å². The van der Waals surface area contributed by atoms with Gasteiger partial charge in [-0.3, -0.25) is 9.59 Å². The highest BCUT2D eigenvalue weighted by molar-refractivity contribution is 9.10. The first-order chi connectivity index (χ1) is 14.9. The van der Waals surface area contributed by atoms with Gasteiger partial charge in [-0.2, -0.15) is 10.2 Å². The molecule has 2 heterocycles. The number of halogens is 1. The van der Waals surface area contributed by atoms with Crippen LogP contribution in [0.3, 0.4) is 0 Å². The van der Waals surface area contributed by atoms with E-state index in [-0.39, 0.29) is 11.5 Å². The van der Waals surface area contributed by atoms with Gasteiger partial charge in [0.1, 0.15) is 6.04 Å². The first kappa shape index (κ1) is 21.0. The van der Waals surface area contributed by atoms with Crippen LogP contribution in [0, 0.1) is 13.8 Å². The zero-order valence-corrected chi connectivity index (χ0v) is 19.0. The van der Waals surface area contributed by atoms with Crippen LogP contribution in [0.5, 0.6) is 0 Å². The van der Waals surface area contributed by atoms with E-state index in [9.17, 15) is 9.59 Å². The maximum atomic E-state index is 13.2. The molecule has 4 aromatic rings. The molecule has 0 saturated carbocycles. The van der Waals surface area contributed by atoms with Gasteiger partial charge in [0.25, 0.3) is 5.56 Å². The SMILES string of the molecule is Cc1nn([C@H](C)C(=O)NCc2cccc(Br)c2)c(=O)c2nn(-c3ccccc3)c(C)c12. The van der Waals surface area contributed by atoms with Crippen molar-refractivity contribution < 1.29 is 4.79 Å². The number of para-hydroxylation sites is 1. The Morgan fingerprint density at radius 2 is 1.84 bits per heavy atom. The summed E-state index contributed by atoms with van der Waals surface area (Å²) in [5, 5.41) is 12.6. The number of rotatable bonds is 5. The Labute approximate surface area is 187 Å². The van der Waals surface area contributed by atoms with Crippen molar-refractivity contribution in [1.29, 1.82) is 0 Å². The monoisotopic (exact) mass is 479 g/mol. The molecule has 1 N–H and O–H groups in total. The van der Waals surface area contributed by atoms with Gasteiger partial charge >= 0.3 is 0 Å². The third-order valence-corrected chi connectivity index (χ3v) is 5.74. The molecule has 158 valence electrons. The van der Waals surface area contributed by atoms with Gasteiger partial charge in [0.2, 0.25) is 5.91 Å². The van der Waals surface area contributed by atoms with Crippen LogP contribution in [0.25, 0.3) is 16.6 Å². The van der Waals surface area contributed by atoms with Crippen LogP contribution >= 0.6 is 15.9 Å². The maximum absolute atomic E-state index is 13.2. The van der Waals surface area contributed by atoms with Crippen molar-refractivity contribution in [3.8, 4) is 5.69 Å². The molecule has 31 heavy (non-hydrogen) atoms. The van der Waals surface area contributed by atoms with E-state index < -0.39 is 6.04 Å². The number of carbonyl (C=O) groups excluding carboxylic acids is 1. The van der Waals surface area contributed by atoms with E-state index in [1.54, 1.807) is 11.6 Å². The number of carbonyl (C=O) groups is 1. The number of aryl methyl sites for hydroxylation is 2. The number of benzene rings is 2. The molecule has 0 radical (unpaired) electrons. The topological polar surface area (TPSA) is 81.8 Å². The van der Waals surface area contributed by atoms with Crippen molar-refractivity contribution in [3.05, 3.63) is 86.4 Å². The predicted octanol–water partition coefficient (Wildman–Crippen LogP) is 3.84. The number of nitrogens with zero attached hydrogens (tertiary/aromatic N) is 4. The van der Waals surface area contributed by atoms with E-state index in [2.05, 4.69) is 31.4 Å². The zero-order chi connectivity index (χ0) is 22.1. The number of amides is 1. The van der Waals surface area contributed by atoms with Gasteiger partial charge in [-0.15, -0.1) is 0 Å². The van der Waals surface area contributed by atoms with Gasteiger partial charge < -0.3 is 5.32 Å². The smallest absolute Gasteiger partial charge is 0.295 e. The number of fused-ring (bicyclic) bond motifs is 1. The molecule has 0 aliphatic carbocycles. The predicted molar refractivity (Wildman–Crippen MR) is 123 cm³/mol. The zero-order valence-electron chi connectivity index (χ0n) is 17.5. The molecule has 0 aliphatic heterocycles. The summed E-state index contributed by atoms with van der Waals surface area (Å²) in [5.41, 5.74) is 3.23. The molecule has 1 amide bonds. The van der Waals surface area contributed by atoms with Gasteiger partial charge in [0.15, 0.2) is 5.52 Å². The average molecular weight is 480 g/mol. The van der Waals surface area contributed by atoms with E-state index in [1.807, 2.05) is 68.4 Å². The quantitative estimate of drug-likeness (QED) is 0.471. The Morgan fingerprint density at radius 1 is 1.10 bits per heavy atom. The van der Waals surface area contributed by atoms with Gasteiger partial charge in [0.05, 0.1) is 22.5 Å². The Bertz CT molecular complexity index is 1330. The van der Waals surface area contributed by atoms with Crippen LogP contribution in [-0.2, 0) is 11.3 Å². The number of nitrogens with one attached hydrogen (secondary N) is 1. The van der Waals surface area contributed by atoms with E-state index in [1.165, 1.54) is 4.68 Å². The maximum Gasteiger partial charge on any atom is 0.295 e. The Morgan fingerprint density at radius 3 is 2.55 bits per heavy atom. The van der Waals surface area contributed by atoms with Crippen LogP contribution < -0.4 is 10.9 Å². The summed E-state index contributed by atoms with van der Waals surface area (Å²) in [5.74, 6) is -0.285. The standard InChI is InChI=1S/C23H22BrN5O2/c1-14-20-15(2)28(19-10-5-4-6-11-19)27-21(20)23(31)29(26-14)16(3)22(30)25-13-17-8-7-9-18(24)12-17/h4-12,16H,13H2,1-3H3,(H,25,30)/t16-/m1/s1. The van der Waals surface area contributed by atoms with Gasteiger partial charge in [-0.25, -0.2) is 9.36 Å². The normalized spacial score (nSPS) is 12.1. The summed E-state index contributed by atoms with van der Waals surface area (Å²) in [6.07, 6.45) is 0. The second kappa shape index (κ2) is 8.47. The highest BCUT2D eigenvalue weighted by atomic mass is 79.9. The van der Waals surface area contributed by atoms with Crippen LogP contribution in [0.1, 0.15) is 29.9 Å². The van der Waals surface area contributed by atoms with Gasteiger partial charge in [0, 0.05) is 11.0 Å². The molecule has 0 spiro atoms. The lowest BCUT2D eigenvalue weighted by Crippen LogP contribution is -2.37. The fourth-order valence-electron chi connectivity index (χ4n) is 3.63. The molecule has 2 aromatic heterocycles. The van der Waals surface area contributed by atoms with Crippen LogP contribution in [-0.4, -0.2) is 25.5 Å². The Kier molecular flexibility index (Phi) is 5.73.